The molecule has 1 aliphatic carbocycles. The van der Waals surface area contributed by atoms with Crippen LogP contribution in [0.1, 0.15) is 38.2 Å². The number of halogens is 4. The van der Waals surface area contributed by atoms with Crippen LogP contribution in [-0.4, -0.2) is 45.5 Å². The largest absolute Gasteiger partial charge is 0.416 e. The van der Waals surface area contributed by atoms with E-state index in [0.717, 1.165) is 60.9 Å². The molecule has 2 N–H and O–H groups in total. The van der Waals surface area contributed by atoms with E-state index in [2.05, 4.69) is 10.6 Å². The second-order valence-corrected chi connectivity index (χ2v) is 10.2. The Kier molecular flexibility index (Phi) is 9.41. The highest BCUT2D eigenvalue weighted by Gasteiger charge is 2.34. The fraction of sp³-hybridized carbons (Fsp3) is 0.400. The molecule has 0 aliphatic heterocycles. The van der Waals surface area contributed by atoms with Crippen LogP contribution in [0.15, 0.2) is 48.5 Å². The lowest BCUT2D eigenvalue weighted by Crippen LogP contribution is -2.51. The fourth-order valence-corrected chi connectivity index (χ4v) is 4.94. The number of rotatable bonds is 9. The summed E-state index contributed by atoms with van der Waals surface area (Å²) < 4.78 is 65.6. The molecule has 0 spiro atoms. The molecule has 2 atom stereocenters. The number of hydrogen-bond donors (Lipinski definition) is 2. The lowest BCUT2D eigenvalue weighted by molar-refractivity contribution is -0.137. The molecule has 200 valence electrons. The molecule has 7 nitrogen and oxygen atoms in total. The third-order valence-electron chi connectivity index (χ3n) is 5.89. The van der Waals surface area contributed by atoms with Crippen LogP contribution in [0.2, 0.25) is 0 Å². The van der Waals surface area contributed by atoms with Gasteiger partial charge in [-0.3, -0.25) is 23.5 Å². The summed E-state index contributed by atoms with van der Waals surface area (Å²) in [5, 5.41) is 5.25. The first-order valence-electron chi connectivity index (χ1n) is 11.6. The molecule has 0 heterocycles. The number of carbonyl (C=O) groups excluding carboxylic acids is 3. The zero-order valence-electron chi connectivity index (χ0n) is 20.0. The van der Waals surface area contributed by atoms with Gasteiger partial charge in [0, 0.05) is 28.2 Å². The van der Waals surface area contributed by atoms with Crippen molar-refractivity contribution in [2.45, 2.75) is 50.9 Å². The normalized spacial score (nSPS) is 15.6. The number of benzene rings is 2. The van der Waals surface area contributed by atoms with E-state index < -0.39 is 63.6 Å². The van der Waals surface area contributed by atoms with Gasteiger partial charge < -0.3 is 10.6 Å². The molecule has 2 aromatic rings. The van der Waals surface area contributed by atoms with Gasteiger partial charge in [-0.2, -0.15) is 13.2 Å². The number of hydrogen-bond acceptors (Lipinski definition) is 4. The maximum atomic E-state index is 13.3. The maximum absolute atomic E-state index is 13.3. The number of amides is 3. The van der Waals surface area contributed by atoms with E-state index in [-0.39, 0.29) is 17.4 Å². The third kappa shape index (κ3) is 8.11. The number of nitrogens with one attached hydrogen (secondary N) is 2. The zero-order valence-corrected chi connectivity index (χ0v) is 20.8. The average Bonchev–Trinajstić information content (AvgIpc) is 3.33. The predicted molar refractivity (Wildman–Crippen MR) is 132 cm³/mol. The summed E-state index contributed by atoms with van der Waals surface area (Å²) in [7, 11) is -2.04. The van der Waals surface area contributed by atoms with E-state index in [4.69, 9.17) is 0 Å². The Morgan fingerprint density at radius 3 is 2.32 bits per heavy atom. The first kappa shape index (κ1) is 28.3. The Balaban J connectivity index is 1.75. The van der Waals surface area contributed by atoms with E-state index in [1.54, 1.807) is 0 Å². The molecule has 3 amide bonds. The van der Waals surface area contributed by atoms with Crippen LogP contribution < -0.4 is 15.5 Å². The number of anilines is 2. The van der Waals surface area contributed by atoms with Gasteiger partial charge in [0.05, 0.1) is 5.56 Å². The summed E-state index contributed by atoms with van der Waals surface area (Å²) in [5.74, 6) is -3.90. The highest BCUT2D eigenvalue weighted by Crippen LogP contribution is 2.32. The lowest BCUT2D eigenvalue weighted by atomic mass is 10.1. The van der Waals surface area contributed by atoms with Gasteiger partial charge in [0.2, 0.25) is 17.7 Å². The zero-order chi connectivity index (χ0) is 27.2. The minimum Gasteiger partial charge on any atom is -0.352 e. The van der Waals surface area contributed by atoms with E-state index >= 15 is 0 Å². The third-order valence-corrected chi connectivity index (χ3v) is 7.05. The summed E-state index contributed by atoms with van der Waals surface area (Å²) >= 11 is 0. The number of alkyl halides is 3. The molecule has 1 fully saturated rings. The molecular weight excluding hydrogens is 514 g/mol. The molecule has 37 heavy (non-hydrogen) atoms. The Bertz CT molecular complexity index is 1150. The van der Waals surface area contributed by atoms with Gasteiger partial charge in [-0.05, 0) is 62.2 Å². The van der Waals surface area contributed by atoms with E-state index in [9.17, 15) is 36.2 Å². The van der Waals surface area contributed by atoms with Crippen molar-refractivity contribution in [3.8, 4) is 0 Å². The number of nitrogens with zero attached hydrogens (tertiary/aromatic N) is 1. The van der Waals surface area contributed by atoms with E-state index in [1.165, 1.54) is 25.1 Å². The molecule has 1 aliphatic rings. The second-order valence-electron chi connectivity index (χ2n) is 8.76. The monoisotopic (exact) mass is 541 g/mol. The Morgan fingerprint density at radius 1 is 1.05 bits per heavy atom. The predicted octanol–water partition coefficient (Wildman–Crippen LogP) is 4.01. The van der Waals surface area contributed by atoms with Crippen molar-refractivity contribution in [2.24, 2.45) is 0 Å². The van der Waals surface area contributed by atoms with Crippen molar-refractivity contribution in [3.63, 3.8) is 0 Å². The fourth-order valence-electron chi connectivity index (χ4n) is 4.06. The molecule has 3 rings (SSSR count). The Hall–Kier alpha value is -3.28. The molecule has 1 saturated carbocycles. The SMILES string of the molecule is C[C@@H](C(=O)NC1CCCC1)N(C(=O)C[S@](=O)CC(=O)Nc1ccc(F)cc1)c1cccc(C(F)(F)F)c1. The van der Waals surface area contributed by atoms with Crippen molar-refractivity contribution in [1.29, 1.82) is 0 Å². The van der Waals surface area contributed by atoms with E-state index in [1.807, 2.05) is 0 Å². The van der Waals surface area contributed by atoms with Crippen molar-refractivity contribution in [2.75, 3.05) is 21.7 Å². The van der Waals surface area contributed by atoms with Gasteiger partial charge in [0.15, 0.2) is 0 Å². The van der Waals surface area contributed by atoms with Crippen LogP contribution in [0.25, 0.3) is 0 Å². The molecule has 0 bridgehead atoms. The average molecular weight is 542 g/mol. The van der Waals surface area contributed by atoms with Crippen LogP contribution >= 0.6 is 0 Å². The van der Waals surface area contributed by atoms with Crippen molar-refractivity contribution >= 4 is 39.9 Å². The van der Waals surface area contributed by atoms with Gasteiger partial charge >= 0.3 is 6.18 Å². The Labute approximate surface area is 214 Å². The van der Waals surface area contributed by atoms with Gasteiger partial charge in [0.1, 0.15) is 23.4 Å². The lowest BCUT2D eigenvalue weighted by Gasteiger charge is -2.30. The summed E-state index contributed by atoms with van der Waals surface area (Å²) in [5.41, 5.74) is -0.926. The second kappa shape index (κ2) is 12.3. The minimum absolute atomic E-state index is 0.0855. The quantitative estimate of drug-likeness (QED) is 0.469. The molecular formula is C25H27F4N3O4S. The van der Waals surface area contributed by atoms with Crippen molar-refractivity contribution in [1.82, 2.24) is 5.32 Å². The topological polar surface area (TPSA) is 95.6 Å². The molecule has 0 radical (unpaired) electrons. The van der Waals surface area contributed by atoms with Crippen molar-refractivity contribution < 1.29 is 36.2 Å². The molecule has 0 aromatic heterocycles. The first-order chi connectivity index (χ1) is 17.4. The standard InChI is InChI=1S/C25H27F4N3O4S/c1-16(24(35)31-19-6-2-3-7-19)32(21-8-4-5-17(13-21)25(27,28)29)23(34)15-37(36)14-22(33)30-20-11-9-18(26)10-12-20/h4-5,8-13,16,19H,2-3,6-7,14-15H2,1H3,(H,30,33)(H,31,35)/t16-,37+/m0/s1. The van der Waals surface area contributed by atoms with Crippen LogP contribution in [0.3, 0.4) is 0 Å². The van der Waals surface area contributed by atoms with Gasteiger partial charge in [-0.1, -0.05) is 18.9 Å². The van der Waals surface area contributed by atoms with Crippen LogP contribution in [0.5, 0.6) is 0 Å². The highest BCUT2D eigenvalue weighted by molar-refractivity contribution is 7.86. The minimum atomic E-state index is -4.68. The highest BCUT2D eigenvalue weighted by atomic mass is 32.2. The van der Waals surface area contributed by atoms with Crippen LogP contribution in [-0.2, 0) is 31.4 Å². The molecule has 0 unspecified atom stereocenters. The summed E-state index contributed by atoms with van der Waals surface area (Å²) in [6, 6.07) is 7.56. The molecule has 12 heteroatoms. The first-order valence-corrected chi connectivity index (χ1v) is 13.1. The maximum Gasteiger partial charge on any atom is 0.416 e. The molecule has 2 aromatic carbocycles. The van der Waals surface area contributed by atoms with Crippen LogP contribution in [0.4, 0.5) is 28.9 Å². The van der Waals surface area contributed by atoms with Gasteiger partial charge in [0.25, 0.3) is 0 Å². The summed E-state index contributed by atoms with van der Waals surface area (Å²) in [6.07, 6.45) is -1.27. The number of carbonyl (C=O) groups is 3. The smallest absolute Gasteiger partial charge is 0.352 e. The van der Waals surface area contributed by atoms with Gasteiger partial charge in [-0.15, -0.1) is 0 Å². The summed E-state index contributed by atoms with van der Waals surface area (Å²) in [6.45, 7) is 1.38. The summed E-state index contributed by atoms with van der Waals surface area (Å²) in [4.78, 5) is 39.2. The molecule has 0 saturated heterocycles. The van der Waals surface area contributed by atoms with Crippen LogP contribution in [0, 0.1) is 5.82 Å². The van der Waals surface area contributed by atoms with Gasteiger partial charge in [-0.25, -0.2) is 4.39 Å². The Morgan fingerprint density at radius 2 is 1.70 bits per heavy atom. The van der Waals surface area contributed by atoms with Crippen molar-refractivity contribution in [3.05, 3.63) is 59.9 Å². The van der Waals surface area contributed by atoms with E-state index in [0.29, 0.717) is 0 Å².